The van der Waals surface area contributed by atoms with Crippen molar-refractivity contribution in [1.82, 2.24) is 0 Å². The average molecular weight is 390 g/mol. The van der Waals surface area contributed by atoms with Crippen LogP contribution < -0.4 is 11.5 Å². The van der Waals surface area contributed by atoms with Gasteiger partial charge in [-0.3, -0.25) is 0 Å². The fraction of sp³-hybridized carbons (Fsp3) is 0.143. The molecule has 2 aromatic rings. The first-order chi connectivity index (χ1) is 11.5. The quantitative estimate of drug-likeness (QED) is 0.328. The maximum Gasteiger partial charge on any atom is 0.478 e. The summed E-state index contributed by atoms with van der Waals surface area (Å²) < 4.78 is 22.2. The smallest absolute Gasteiger partial charge is 0.399 e. The van der Waals surface area contributed by atoms with Gasteiger partial charge in [0, 0.05) is 11.4 Å². The first-order valence-electron chi connectivity index (χ1n) is 6.97. The molecule has 0 aliphatic carbocycles. The molecule has 11 heteroatoms. The fourth-order valence-corrected chi connectivity index (χ4v) is 3.04. The fourth-order valence-electron chi connectivity index (χ4n) is 1.93. The van der Waals surface area contributed by atoms with Gasteiger partial charge in [0.1, 0.15) is 0 Å². The summed E-state index contributed by atoms with van der Waals surface area (Å²) in [5.41, 5.74) is 15.9. The lowest BCUT2D eigenvalue weighted by atomic mass is 10.0. The Morgan fingerprint density at radius 1 is 0.720 bits per heavy atom. The molecule has 0 heterocycles. The van der Waals surface area contributed by atoms with Crippen molar-refractivity contribution in [3.63, 3.8) is 0 Å². The van der Waals surface area contributed by atoms with Crippen molar-refractivity contribution in [2.24, 2.45) is 0 Å². The monoisotopic (exact) mass is 390 g/mol. The summed E-state index contributed by atoms with van der Waals surface area (Å²) >= 11 is 0. The summed E-state index contributed by atoms with van der Waals surface area (Å²) in [7, 11) is -10.1. The van der Waals surface area contributed by atoms with Gasteiger partial charge in [0.25, 0.3) is 0 Å². The van der Waals surface area contributed by atoms with Crippen molar-refractivity contribution in [1.29, 1.82) is 0 Å². The summed E-state index contributed by atoms with van der Waals surface area (Å²) in [6.45, 7) is 0. The van der Waals surface area contributed by atoms with Gasteiger partial charge in [-0.25, -0.2) is 9.13 Å². The Morgan fingerprint density at radius 2 is 1.04 bits per heavy atom. The Balaban J connectivity index is 0.000000299. The van der Waals surface area contributed by atoms with Crippen LogP contribution in [0.25, 0.3) is 0 Å². The normalized spacial score (nSPS) is 11.5. The predicted octanol–water partition coefficient (Wildman–Crippen LogP) is 1.82. The molecule has 0 fully saturated rings. The van der Waals surface area contributed by atoms with E-state index < -0.39 is 15.6 Å². The van der Waals surface area contributed by atoms with Crippen LogP contribution in [-0.2, 0) is 26.3 Å². The minimum atomic E-state index is -5.05. The van der Waals surface area contributed by atoms with E-state index in [-0.39, 0.29) is 0 Å². The first-order valence-corrected chi connectivity index (χ1v) is 10.0. The summed E-state index contributed by atoms with van der Waals surface area (Å²) in [5.74, 6) is 0. The van der Waals surface area contributed by atoms with Gasteiger partial charge < -0.3 is 31.0 Å². The highest BCUT2D eigenvalue weighted by Gasteiger charge is 2.27. The maximum atomic E-state index is 9.63. The van der Waals surface area contributed by atoms with Gasteiger partial charge in [0.15, 0.2) is 0 Å². The minimum absolute atomic E-state index is 0.858. The number of para-hydroxylation sites is 2. The van der Waals surface area contributed by atoms with Crippen LogP contribution in [0.2, 0.25) is 0 Å². The predicted molar refractivity (Wildman–Crippen MR) is 94.3 cm³/mol. The van der Waals surface area contributed by atoms with Crippen molar-refractivity contribution in [2.45, 2.75) is 12.8 Å². The van der Waals surface area contributed by atoms with E-state index >= 15 is 0 Å². The minimum Gasteiger partial charge on any atom is -0.399 e. The highest BCUT2D eigenvalue weighted by Crippen LogP contribution is 2.53. The molecule has 0 atom stereocenters. The summed E-state index contributed by atoms with van der Waals surface area (Å²) in [5, 5.41) is 0. The molecule has 0 unspecified atom stereocenters. The lowest BCUT2D eigenvalue weighted by molar-refractivity contribution is 0.225. The molecule has 0 bridgehead atoms. The highest BCUT2D eigenvalue weighted by atomic mass is 31.3. The molecule has 9 nitrogen and oxygen atoms in total. The number of aryl methyl sites for hydroxylation is 2. The van der Waals surface area contributed by atoms with Crippen LogP contribution in [0.4, 0.5) is 11.4 Å². The Kier molecular flexibility index (Phi) is 7.79. The van der Waals surface area contributed by atoms with Crippen LogP contribution in [0, 0.1) is 0 Å². The molecule has 8 N–H and O–H groups in total. The topological polar surface area (TPSA) is 176 Å². The maximum absolute atomic E-state index is 9.63. The molecule has 2 rings (SSSR count). The molecule has 2 aromatic carbocycles. The van der Waals surface area contributed by atoms with Crippen molar-refractivity contribution in [2.75, 3.05) is 11.5 Å². The van der Waals surface area contributed by atoms with E-state index in [0.717, 1.165) is 24.2 Å². The number of hydrogen-bond acceptors (Lipinski definition) is 5. The van der Waals surface area contributed by atoms with Crippen molar-refractivity contribution in [3.8, 4) is 0 Å². The lowest BCUT2D eigenvalue weighted by Gasteiger charge is -2.07. The zero-order chi connectivity index (χ0) is 19.1. The molecule has 138 valence electrons. The Morgan fingerprint density at radius 3 is 1.28 bits per heavy atom. The number of hydrogen-bond donors (Lipinski definition) is 6. The number of benzene rings is 2. The zero-order valence-electron chi connectivity index (χ0n) is 13.1. The van der Waals surface area contributed by atoms with Crippen LogP contribution in [0.15, 0.2) is 48.5 Å². The van der Waals surface area contributed by atoms with Gasteiger partial charge >= 0.3 is 15.6 Å². The molecule has 0 aliphatic rings. The van der Waals surface area contributed by atoms with Gasteiger partial charge in [-0.05, 0) is 36.1 Å². The van der Waals surface area contributed by atoms with Crippen LogP contribution >= 0.6 is 15.6 Å². The van der Waals surface area contributed by atoms with E-state index in [2.05, 4.69) is 16.4 Å². The van der Waals surface area contributed by atoms with E-state index in [1.165, 1.54) is 11.1 Å². The second-order valence-corrected chi connectivity index (χ2v) is 7.58. The zero-order valence-corrected chi connectivity index (χ0v) is 14.9. The van der Waals surface area contributed by atoms with E-state index in [9.17, 15) is 9.13 Å². The SMILES string of the molecule is Nc1ccccc1CCc1ccccc1N.O=P(O)(O)OP(=O)(O)O. The lowest BCUT2D eigenvalue weighted by Crippen LogP contribution is -1.99. The van der Waals surface area contributed by atoms with E-state index in [1.54, 1.807) is 0 Å². The van der Waals surface area contributed by atoms with Crippen molar-refractivity contribution < 1.29 is 33.0 Å². The molecule has 0 aliphatic heterocycles. The van der Waals surface area contributed by atoms with E-state index in [0.29, 0.717) is 0 Å². The molecule has 0 saturated carbocycles. The van der Waals surface area contributed by atoms with Gasteiger partial charge in [-0.2, -0.15) is 4.31 Å². The number of nitrogen functional groups attached to an aromatic ring is 2. The molecule has 0 radical (unpaired) electrons. The van der Waals surface area contributed by atoms with Crippen LogP contribution in [0.5, 0.6) is 0 Å². The second kappa shape index (κ2) is 9.12. The number of rotatable bonds is 5. The van der Waals surface area contributed by atoms with Gasteiger partial charge in [0.05, 0.1) is 0 Å². The van der Waals surface area contributed by atoms with Crippen LogP contribution in [0.3, 0.4) is 0 Å². The van der Waals surface area contributed by atoms with Crippen molar-refractivity contribution in [3.05, 3.63) is 59.7 Å². The third-order valence-electron chi connectivity index (χ3n) is 2.99. The van der Waals surface area contributed by atoms with Crippen LogP contribution in [0.1, 0.15) is 11.1 Å². The highest BCUT2D eigenvalue weighted by molar-refractivity contribution is 7.60. The molecule has 0 amide bonds. The Bertz CT molecular complexity index is 723. The van der Waals surface area contributed by atoms with E-state index in [4.69, 9.17) is 31.0 Å². The first kappa shape index (κ1) is 21.3. The molecule has 25 heavy (non-hydrogen) atoms. The van der Waals surface area contributed by atoms with Gasteiger partial charge in [0.2, 0.25) is 0 Å². The van der Waals surface area contributed by atoms with Crippen LogP contribution in [-0.4, -0.2) is 19.6 Å². The largest absolute Gasteiger partial charge is 0.478 e. The molecular formula is C14H20N2O7P2. The number of anilines is 2. The summed E-state index contributed by atoms with van der Waals surface area (Å²) in [4.78, 5) is 31.0. The third-order valence-corrected chi connectivity index (χ3v) is 4.69. The van der Waals surface area contributed by atoms with E-state index in [1.807, 2.05) is 36.4 Å². The summed E-state index contributed by atoms with van der Waals surface area (Å²) in [6, 6.07) is 15.9. The van der Waals surface area contributed by atoms with Crippen molar-refractivity contribution >= 4 is 27.0 Å². The number of nitrogens with two attached hydrogens (primary N) is 2. The number of phosphoric acid groups is 2. The molecule has 0 saturated heterocycles. The molecule has 0 spiro atoms. The summed E-state index contributed by atoms with van der Waals surface area (Å²) in [6.07, 6.45) is 1.86. The average Bonchev–Trinajstić information content (AvgIpc) is 2.45. The third kappa shape index (κ3) is 9.38. The van der Waals surface area contributed by atoms with Gasteiger partial charge in [-0.15, -0.1) is 0 Å². The molecule has 0 aromatic heterocycles. The Hall–Kier alpha value is -1.70. The standard InChI is InChI=1S/C14H16N2.H4O7P2/c15-13-7-3-1-5-11(13)9-10-12-6-2-4-8-14(12)16;1-8(2,3)7-9(4,5)6/h1-8H,9-10,15-16H2;(H2,1,2,3)(H2,4,5,6). The Labute approximate surface area is 144 Å². The molecular weight excluding hydrogens is 370 g/mol. The second-order valence-electron chi connectivity index (χ2n) is 4.96. The van der Waals surface area contributed by atoms with Gasteiger partial charge in [-0.1, -0.05) is 36.4 Å².